The molecule has 0 aromatic heterocycles. The zero-order chi connectivity index (χ0) is 63.9. The molecule has 0 radical (unpaired) electrons. The number of unbranched alkanes of at least 4 members (excludes halogenated alkanes) is 2. The molecular formula is C55H73N13O19. The van der Waals surface area contributed by atoms with Crippen molar-refractivity contribution in [2.24, 2.45) is 32.9 Å². The zero-order valence-corrected chi connectivity index (χ0v) is 47.8. The first-order valence-corrected chi connectivity index (χ1v) is 27.9. The van der Waals surface area contributed by atoms with Crippen molar-refractivity contribution in [2.45, 2.75) is 126 Å². The van der Waals surface area contributed by atoms with Crippen molar-refractivity contribution in [3.05, 3.63) is 63.7 Å². The van der Waals surface area contributed by atoms with Crippen LogP contribution in [-0.2, 0) is 59.0 Å². The molecule has 2 aromatic rings. The number of aliphatic hydroxyl groups is 3. The lowest BCUT2D eigenvalue weighted by Crippen LogP contribution is -2.60. The second kappa shape index (κ2) is 30.3. The quantitative estimate of drug-likeness (QED) is 0.00978. The number of guanidine groups is 2. The number of nitrogens with one attached hydrogen (secondary N) is 6. The highest BCUT2D eigenvalue weighted by molar-refractivity contribution is 6.31. The Morgan fingerprint density at radius 2 is 1.34 bits per heavy atom. The number of aliphatic imine (C=N–C) groups is 2. The molecule has 19 N–H and O–H groups in total. The number of methoxy groups -OCH3 is 1. The van der Waals surface area contributed by atoms with Gasteiger partial charge in [-0.1, -0.05) is 18.6 Å². The highest BCUT2D eigenvalue weighted by atomic mass is 16.7. The number of nitrogens with zero attached hydrogens (tertiary/aromatic N) is 3. The van der Waals surface area contributed by atoms with Crippen LogP contribution in [-0.4, -0.2) is 202 Å². The number of rotatable bonds is 30. The number of amides is 8. The van der Waals surface area contributed by atoms with Crippen molar-refractivity contribution >= 4 is 76.5 Å². The number of hydrogen-bond donors (Lipinski definition) is 15. The van der Waals surface area contributed by atoms with Crippen LogP contribution in [0.2, 0.25) is 0 Å². The number of ketones is 3. The Morgan fingerprint density at radius 3 is 1.94 bits per heavy atom. The average molecular weight is 1220 g/mol. The molecule has 0 saturated carbocycles. The molecule has 472 valence electrons. The Labute approximate surface area is 497 Å². The summed E-state index contributed by atoms with van der Waals surface area (Å²) in [7, 11) is 1.26. The van der Waals surface area contributed by atoms with Crippen molar-refractivity contribution in [1.29, 1.82) is 0 Å². The van der Waals surface area contributed by atoms with Gasteiger partial charge in [0.2, 0.25) is 41.2 Å². The van der Waals surface area contributed by atoms with Crippen molar-refractivity contribution < 1.29 is 92.5 Å². The number of fused-ring (bicyclic) bond motifs is 3. The van der Waals surface area contributed by atoms with Crippen molar-refractivity contribution in [3.63, 3.8) is 0 Å². The standard InChI is InChI=1S/C55H73N13O19/c1-26-46(77)31(19-41(86-26)87-33-21-55(84,34(70)25-69)20-28-43(33)50(81)45-44(48(28)79)47(78)27-9-6-12-32(85-2)42(27)49(45)80)67-52(83)30(11-8-17-61-54(58)59)66-51(82)29(10-7-16-60-53(56)57)65-38(74)24-64-37(73)23-63-36(72)22-62-35(71)13-4-3-5-18-68-39(75)14-15-40(68)76/h6,9,12,14-15,26,29-31,33,41,46,69,77,79,81,84H,3-5,7-8,10-11,13,16-25H2,1-2H3,(H,62,71)(H,63,72)(H,64,73)(H,65,74)(H,66,82)(H,67,83)(H4,56,57,60)(H4,58,59,61)/t26-,29?,30?,31-,33-,41-,46+,55-/m1/s1. The topological polar surface area (TPSA) is 521 Å². The van der Waals surface area contributed by atoms with Crippen LogP contribution in [0.4, 0.5) is 0 Å². The summed E-state index contributed by atoms with van der Waals surface area (Å²) >= 11 is 0. The summed E-state index contributed by atoms with van der Waals surface area (Å²) < 4.78 is 17.6. The first kappa shape index (κ1) is 67.0. The highest BCUT2D eigenvalue weighted by Gasteiger charge is 2.51. The van der Waals surface area contributed by atoms with Gasteiger partial charge in [0.15, 0.2) is 29.8 Å². The van der Waals surface area contributed by atoms with Crippen LogP contribution in [0, 0.1) is 0 Å². The number of ether oxygens (including phenoxy) is 3. The number of carbonyl (C=O) groups excluding carboxylic acids is 11. The van der Waals surface area contributed by atoms with Crippen LogP contribution in [0.3, 0.4) is 0 Å². The number of Topliss-reactive ketones (excluding diaryl/α,β-unsaturated/α-hetero) is 1. The maximum absolute atomic E-state index is 14.4. The number of hydrogen-bond acceptors (Lipinski definition) is 21. The van der Waals surface area contributed by atoms with Gasteiger partial charge in [0, 0.05) is 74.2 Å². The lowest BCUT2D eigenvalue weighted by Gasteiger charge is -2.43. The van der Waals surface area contributed by atoms with Gasteiger partial charge in [-0.15, -0.1) is 0 Å². The third-order valence-corrected chi connectivity index (χ3v) is 14.8. The van der Waals surface area contributed by atoms with E-state index in [-0.39, 0.29) is 91.7 Å². The van der Waals surface area contributed by atoms with Crippen LogP contribution >= 0.6 is 0 Å². The minimum Gasteiger partial charge on any atom is -0.507 e. The van der Waals surface area contributed by atoms with E-state index in [1.165, 1.54) is 44.4 Å². The third kappa shape index (κ3) is 17.1. The third-order valence-electron chi connectivity index (χ3n) is 14.8. The molecule has 2 aromatic carbocycles. The summed E-state index contributed by atoms with van der Waals surface area (Å²) in [6.07, 6.45) is -3.86. The smallest absolute Gasteiger partial charge is 0.253 e. The van der Waals surface area contributed by atoms with E-state index < -0.39 is 181 Å². The second-order valence-electron chi connectivity index (χ2n) is 21.0. The number of aliphatic hydroxyl groups excluding tert-OH is 2. The Bertz CT molecular complexity index is 3090. The Morgan fingerprint density at radius 1 is 0.759 bits per heavy atom. The fraction of sp³-hybridized carbons (Fsp3) is 0.509. The molecule has 2 aliphatic heterocycles. The number of phenols is 2. The van der Waals surface area contributed by atoms with Gasteiger partial charge in [-0.05, 0) is 51.5 Å². The summed E-state index contributed by atoms with van der Waals surface area (Å²) in [6.45, 7) is -1.34. The van der Waals surface area contributed by atoms with E-state index in [0.29, 0.717) is 19.3 Å². The van der Waals surface area contributed by atoms with E-state index in [4.69, 9.17) is 37.1 Å². The first-order chi connectivity index (χ1) is 41.3. The molecule has 8 amide bonds. The summed E-state index contributed by atoms with van der Waals surface area (Å²) in [5.74, 6) is -10.6. The molecule has 4 aliphatic rings. The van der Waals surface area contributed by atoms with E-state index in [0.717, 1.165) is 4.90 Å². The monoisotopic (exact) mass is 1220 g/mol. The first-order valence-electron chi connectivity index (χ1n) is 27.9. The molecule has 8 atom stereocenters. The van der Waals surface area contributed by atoms with Gasteiger partial charge in [0.1, 0.15) is 47.6 Å². The molecule has 32 heteroatoms. The lowest BCUT2D eigenvalue weighted by molar-refractivity contribution is -0.249. The van der Waals surface area contributed by atoms with Crippen molar-refractivity contribution in [1.82, 2.24) is 36.8 Å². The van der Waals surface area contributed by atoms with Crippen molar-refractivity contribution in [2.75, 3.05) is 53.0 Å². The maximum Gasteiger partial charge on any atom is 0.253 e. The SMILES string of the molecule is COc1cccc2c1C(=O)c1c(O)c3c(c(O)c1C2=O)C[C@](O)(C(=O)CO)C[C@H]3O[C@@H]1C[C@@H](NC(=O)C(CCCN=C(N)N)NC(=O)C(CCCN=C(N)N)NC(=O)CNC(=O)CNC(=O)CNC(=O)CCCCCN2C(=O)C=CC2=O)[C@@H](O)[C@@H](C)O1. The van der Waals surface area contributed by atoms with Gasteiger partial charge < -0.3 is 94.6 Å². The van der Waals surface area contributed by atoms with Crippen LogP contribution in [0.25, 0.3) is 0 Å². The fourth-order valence-electron chi connectivity index (χ4n) is 10.3. The fourth-order valence-corrected chi connectivity index (χ4v) is 10.3. The van der Waals surface area contributed by atoms with E-state index >= 15 is 0 Å². The van der Waals surface area contributed by atoms with Gasteiger partial charge in [0.25, 0.3) is 11.8 Å². The summed E-state index contributed by atoms with van der Waals surface area (Å²) in [6, 6.07) is 0.0543. The molecule has 2 unspecified atom stereocenters. The van der Waals surface area contributed by atoms with E-state index in [1.807, 2.05) is 0 Å². The normalized spacial score (nSPS) is 20.8. The van der Waals surface area contributed by atoms with E-state index in [2.05, 4.69) is 41.9 Å². The Hall–Kier alpha value is -9.11. The minimum absolute atomic E-state index is 0.00165. The van der Waals surface area contributed by atoms with Gasteiger partial charge in [0.05, 0.1) is 61.7 Å². The van der Waals surface area contributed by atoms with E-state index in [9.17, 15) is 78.3 Å². The van der Waals surface area contributed by atoms with Gasteiger partial charge >= 0.3 is 0 Å². The molecule has 0 spiro atoms. The van der Waals surface area contributed by atoms with E-state index in [1.54, 1.807) is 0 Å². The zero-order valence-electron chi connectivity index (χ0n) is 47.8. The average Bonchev–Trinajstić information content (AvgIpc) is 1.06. The van der Waals surface area contributed by atoms with Crippen LogP contribution in [0.15, 0.2) is 40.3 Å². The molecule has 6 rings (SSSR count). The molecule has 1 saturated heterocycles. The molecule has 32 nitrogen and oxygen atoms in total. The Balaban J connectivity index is 1.11. The molecular weight excluding hydrogens is 1150 g/mol. The molecule has 0 bridgehead atoms. The molecule has 2 aliphatic carbocycles. The maximum atomic E-state index is 14.4. The van der Waals surface area contributed by atoms with Crippen LogP contribution in [0.1, 0.15) is 120 Å². The summed E-state index contributed by atoms with van der Waals surface area (Å²) in [5, 5.41) is 71.7. The van der Waals surface area contributed by atoms with Gasteiger partial charge in [-0.3, -0.25) is 67.6 Å². The number of benzene rings is 2. The number of nitrogens with two attached hydrogens (primary N) is 4. The number of phenolic OH excluding ortho intramolecular Hbond substituents is 2. The van der Waals surface area contributed by atoms with Gasteiger partial charge in [-0.25, -0.2) is 0 Å². The van der Waals surface area contributed by atoms with Crippen LogP contribution < -0.4 is 59.6 Å². The van der Waals surface area contributed by atoms with Gasteiger partial charge in [-0.2, -0.15) is 0 Å². The Kier molecular flexibility index (Phi) is 23.3. The molecule has 87 heavy (non-hydrogen) atoms. The highest BCUT2D eigenvalue weighted by Crippen LogP contribution is 2.52. The molecule has 2 heterocycles. The van der Waals surface area contributed by atoms with Crippen molar-refractivity contribution in [3.8, 4) is 17.2 Å². The summed E-state index contributed by atoms with van der Waals surface area (Å²) in [4.78, 5) is 153. The number of carbonyl (C=O) groups is 11. The molecule has 1 fully saturated rings. The summed E-state index contributed by atoms with van der Waals surface area (Å²) in [5.41, 5.74) is 17.2. The largest absolute Gasteiger partial charge is 0.507 e. The number of aromatic hydroxyl groups is 2. The minimum atomic E-state index is -2.49. The second-order valence-corrected chi connectivity index (χ2v) is 21.0. The van der Waals surface area contributed by atoms with Crippen LogP contribution in [0.5, 0.6) is 17.2 Å². The number of imide groups is 1. The lowest BCUT2D eigenvalue weighted by atomic mass is 9.72. The predicted molar refractivity (Wildman–Crippen MR) is 303 cm³/mol. The predicted octanol–water partition coefficient (Wildman–Crippen LogP) is -4.93.